The van der Waals surface area contributed by atoms with Crippen LogP contribution in [0.4, 0.5) is 26.3 Å². The molecular formula is C5F6O2. The molecule has 1 rings (SSSR count). The predicted molar refractivity (Wildman–Crippen MR) is 25.6 cm³/mol. The van der Waals surface area contributed by atoms with Crippen molar-refractivity contribution in [3.05, 3.63) is 23.7 Å². The van der Waals surface area contributed by atoms with Crippen LogP contribution in [0.15, 0.2) is 23.7 Å². The van der Waals surface area contributed by atoms with Gasteiger partial charge in [-0.25, -0.2) is 0 Å². The Morgan fingerprint density at radius 2 is 1.08 bits per heavy atom. The van der Waals surface area contributed by atoms with Crippen LogP contribution in [0.25, 0.3) is 0 Å². The van der Waals surface area contributed by atoms with Crippen LogP contribution in [0.1, 0.15) is 0 Å². The number of allylic oxidation sites excluding steroid dienone is 2. The molecule has 0 unspecified atom stereocenters. The van der Waals surface area contributed by atoms with E-state index < -0.39 is 30.0 Å². The highest BCUT2D eigenvalue weighted by Crippen LogP contribution is 2.35. The van der Waals surface area contributed by atoms with Crippen molar-refractivity contribution in [3.8, 4) is 0 Å². The third-order valence-corrected chi connectivity index (χ3v) is 0.955. The van der Waals surface area contributed by atoms with Crippen molar-refractivity contribution in [3.63, 3.8) is 0 Å². The van der Waals surface area contributed by atoms with E-state index in [-0.39, 0.29) is 0 Å². The van der Waals surface area contributed by atoms with Crippen molar-refractivity contribution in [2.45, 2.75) is 6.29 Å². The first-order chi connectivity index (χ1) is 5.83. The number of hydrogen-bond donors (Lipinski definition) is 0. The molecule has 0 aromatic rings. The van der Waals surface area contributed by atoms with Crippen molar-refractivity contribution < 1.29 is 35.8 Å². The molecule has 0 bridgehead atoms. The molecule has 0 spiro atoms. The van der Waals surface area contributed by atoms with Crippen LogP contribution in [0.2, 0.25) is 0 Å². The maximum atomic E-state index is 12.1. The van der Waals surface area contributed by atoms with Crippen LogP contribution in [0.3, 0.4) is 0 Å². The van der Waals surface area contributed by atoms with Gasteiger partial charge in [-0.1, -0.05) is 0 Å². The summed E-state index contributed by atoms with van der Waals surface area (Å²) in [7, 11) is 0. The van der Waals surface area contributed by atoms with Gasteiger partial charge in [0.15, 0.2) is 0 Å². The Morgan fingerprint density at radius 1 is 0.769 bits per heavy atom. The minimum atomic E-state index is -4.78. The van der Waals surface area contributed by atoms with Gasteiger partial charge in [-0.05, 0) is 0 Å². The quantitative estimate of drug-likeness (QED) is 0.567. The molecule has 2 nitrogen and oxygen atoms in total. The number of alkyl halides is 2. The molecule has 13 heavy (non-hydrogen) atoms. The molecule has 0 aromatic carbocycles. The fourth-order valence-corrected chi connectivity index (χ4v) is 0.492. The summed E-state index contributed by atoms with van der Waals surface area (Å²) in [5, 5.41) is 0. The van der Waals surface area contributed by atoms with Crippen molar-refractivity contribution in [2.75, 3.05) is 0 Å². The third-order valence-electron chi connectivity index (χ3n) is 0.955. The zero-order chi connectivity index (χ0) is 10.2. The molecule has 0 aliphatic carbocycles. The summed E-state index contributed by atoms with van der Waals surface area (Å²) in [4.78, 5) is 0. The Labute approximate surface area is 67.0 Å². The first-order valence-corrected chi connectivity index (χ1v) is 2.70. The molecule has 0 atom stereocenters. The highest BCUT2D eigenvalue weighted by atomic mass is 19.3. The molecule has 1 aliphatic rings. The predicted octanol–water partition coefficient (Wildman–Crippen LogP) is 2.80. The summed E-state index contributed by atoms with van der Waals surface area (Å²) in [6, 6.07) is -5.18. The van der Waals surface area contributed by atoms with Gasteiger partial charge in [-0.3, -0.25) is 0 Å². The van der Waals surface area contributed by atoms with E-state index in [9.17, 15) is 26.3 Å². The Hall–Kier alpha value is -1.34. The first-order valence-electron chi connectivity index (χ1n) is 2.70. The van der Waals surface area contributed by atoms with Gasteiger partial charge in [-0.2, -0.15) is 17.6 Å². The van der Waals surface area contributed by atoms with Gasteiger partial charge in [0, 0.05) is 0 Å². The van der Waals surface area contributed by atoms with E-state index in [0.717, 1.165) is 0 Å². The molecular weight excluding hydrogens is 206 g/mol. The zero-order valence-corrected chi connectivity index (χ0v) is 5.58. The van der Waals surface area contributed by atoms with Crippen LogP contribution < -0.4 is 0 Å². The Morgan fingerprint density at radius 3 is 1.38 bits per heavy atom. The molecule has 8 heteroatoms. The van der Waals surface area contributed by atoms with E-state index in [1.807, 2.05) is 0 Å². The van der Waals surface area contributed by atoms with Crippen molar-refractivity contribution in [1.82, 2.24) is 0 Å². The average Bonchev–Trinajstić information content (AvgIpc) is 2.03. The van der Waals surface area contributed by atoms with E-state index >= 15 is 0 Å². The molecule has 0 fully saturated rings. The van der Waals surface area contributed by atoms with E-state index in [1.165, 1.54) is 0 Å². The number of rotatable bonds is 0. The largest absolute Gasteiger partial charge is 0.589 e. The second-order valence-electron chi connectivity index (χ2n) is 1.84. The lowest BCUT2D eigenvalue weighted by Gasteiger charge is -2.11. The summed E-state index contributed by atoms with van der Waals surface area (Å²) < 4.78 is 77.9. The summed E-state index contributed by atoms with van der Waals surface area (Å²) >= 11 is 0. The second kappa shape index (κ2) is 2.86. The summed E-state index contributed by atoms with van der Waals surface area (Å²) in [6.45, 7) is 0. The molecule has 1 aliphatic heterocycles. The first kappa shape index (κ1) is 9.75. The maximum Gasteiger partial charge on any atom is 0.589 e. The number of hydrogen-bond acceptors (Lipinski definition) is 2. The average molecular weight is 206 g/mol. The molecule has 0 saturated heterocycles. The molecule has 0 radical (unpaired) electrons. The molecule has 0 saturated carbocycles. The van der Waals surface area contributed by atoms with Crippen molar-refractivity contribution >= 4 is 0 Å². The minimum absolute atomic E-state index is 2.52. The highest BCUT2D eigenvalue weighted by molar-refractivity contribution is 5.21. The topological polar surface area (TPSA) is 18.5 Å². The summed E-state index contributed by atoms with van der Waals surface area (Å²) in [6.07, 6.45) is -4.78. The van der Waals surface area contributed by atoms with Gasteiger partial charge >= 0.3 is 18.3 Å². The summed E-state index contributed by atoms with van der Waals surface area (Å²) in [5.74, 6) is -5.04. The normalized spacial score (nSPS) is 22.3. The second-order valence-corrected chi connectivity index (χ2v) is 1.84. The minimum Gasteiger partial charge on any atom is -0.369 e. The van der Waals surface area contributed by atoms with Gasteiger partial charge in [0.2, 0.25) is 11.7 Å². The fraction of sp³-hybridized carbons (Fsp3) is 0.200. The highest BCUT2D eigenvalue weighted by Gasteiger charge is 2.44. The van der Waals surface area contributed by atoms with Crippen LogP contribution in [-0.4, -0.2) is 6.29 Å². The van der Waals surface area contributed by atoms with E-state index in [2.05, 4.69) is 9.47 Å². The van der Waals surface area contributed by atoms with E-state index in [0.29, 0.717) is 0 Å². The smallest absolute Gasteiger partial charge is 0.369 e. The maximum absolute atomic E-state index is 12.1. The molecule has 1 heterocycles. The zero-order valence-electron chi connectivity index (χ0n) is 5.58. The SMILES string of the molecule is FC1=C(F)C(F)=C(F)OC(F)(F)O1. The standard InChI is InChI=1S/C5F6O2/c6-1-2(7)4(9)13-5(10,11)12-3(1)8. The van der Waals surface area contributed by atoms with E-state index in [4.69, 9.17) is 0 Å². The lowest BCUT2D eigenvalue weighted by molar-refractivity contribution is -0.373. The molecule has 0 aromatic heterocycles. The Bertz CT molecular complexity index is 265. The Balaban J connectivity index is 3.15. The number of ether oxygens (including phenoxy) is 2. The fourth-order valence-electron chi connectivity index (χ4n) is 0.492. The van der Waals surface area contributed by atoms with Crippen molar-refractivity contribution in [1.29, 1.82) is 0 Å². The van der Waals surface area contributed by atoms with Gasteiger partial charge < -0.3 is 9.47 Å². The van der Waals surface area contributed by atoms with Crippen molar-refractivity contribution in [2.24, 2.45) is 0 Å². The van der Waals surface area contributed by atoms with Crippen LogP contribution >= 0.6 is 0 Å². The molecule has 74 valence electrons. The summed E-state index contributed by atoms with van der Waals surface area (Å²) in [5.41, 5.74) is 0. The lowest BCUT2D eigenvalue weighted by Crippen LogP contribution is -2.21. The van der Waals surface area contributed by atoms with Gasteiger partial charge in [0.25, 0.3) is 0 Å². The lowest BCUT2D eigenvalue weighted by atomic mass is 10.5. The van der Waals surface area contributed by atoms with Gasteiger partial charge in [0.1, 0.15) is 0 Å². The third kappa shape index (κ3) is 1.87. The molecule has 0 N–H and O–H groups in total. The van der Waals surface area contributed by atoms with Crippen LogP contribution in [0, 0.1) is 0 Å². The van der Waals surface area contributed by atoms with Gasteiger partial charge in [-0.15, -0.1) is 8.78 Å². The van der Waals surface area contributed by atoms with Crippen LogP contribution in [-0.2, 0) is 9.47 Å². The number of halogens is 6. The van der Waals surface area contributed by atoms with E-state index in [1.54, 1.807) is 0 Å². The van der Waals surface area contributed by atoms with Gasteiger partial charge in [0.05, 0.1) is 0 Å². The van der Waals surface area contributed by atoms with Crippen LogP contribution in [0.5, 0.6) is 0 Å². The molecule has 0 amide bonds. The Kier molecular flexibility index (Phi) is 2.14. The monoisotopic (exact) mass is 206 g/mol.